The molecule has 2 rings (SSSR count). The van der Waals surface area contributed by atoms with E-state index in [9.17, 15) is 4.79 Å². The van der Waals surface area contributed by atoms with Crippen LogP contribution in [0.15, 0.2) is 0 Å². The molecule has 2 saturated heterocycles. The SMILES string of the molecule is CC1CC(C)CN(C(=O)C(C)N2CC(C)CC(C)C2)C1. The molecule has 116 valence electrons. The fourth-order valence-electron chi connectivity index (χ4n) is 4.29. The minimum atomic E-state index is 0.0534. The minimum Gasteiger partial charge on any atom is -0.341 e. The van der Waals surface area contributed by atoms with Crippen molar-refractivity contribution in [2.75, 3.05) is 26.2 Å². The van der Waals surface area contributed by atoms with Crippen molar-refractivity contribution in [2.45, 2.75) is 53.5 Å². The lowest BCUT2D eigenvalue weighted by molar-refractivity contribution is -0.140. The van der Waals surface area contributed by atoms with Crippen molar-refractivity contribution in [3.63, 3.8) is 0 Å². The van der Waals surface area contributed by atoms with Gasteiger partial charge in [0.05, 0.1) is 6.04 Å². The highest BCUT2D eigenvalue weighted by molar-refractivity contribution is 5.81. The molecule has 0 bridgehead atoms. The van der Waals surface area contributed by atoms with Gasteiger partial charge in [-0.15, -0.1) is 0 Å². The smallest absolute Gasteiger partial charge is 0.239 e. The molecule has 2 aliphatic rings. The van der Waals surface area contributed by atoms with Gasteiger partial charge in [0.25, 0.3) is 0 Å². The van der Waals surface area contributed by atoms with Gasteiger partial charge in [-0.25, -0.2) is 0 Å². The van der Waals surface area contributed by atoms with Gasteiger partial charge in [0.1, 0.15) is 0 Å². The van der Waals surface area contributed by atoms with Crippen molar-refractivity contribution in [2.24, 2.45) is 23.7 Å². The Hall–Kier alpha value is -0.570. The molecule has 3 nitrogen and oxygen atoms in total. The molecule has 2 heterocycles. The molecule has 5 unspecified atom stereocenters. The molecule has 0 N–H and O–H groups in total. The number of carbonyl (C=O) groups excluding carboxylic acids is 1. The highest BCUT2D eigenvalue weighted by Gasteiger charge is 2.33. The van der Waals surface area contributed by atoms with Crippen molar-refractivity contribution in [3.05, 3.63) is 0 Å². The summed E-state index contributed by atoms with van der Waals surface area (Å²) in [5.41, 5.74) is 0. The van der Waals surface area contributed by atoms with E-state index in [1.165, 1.54) is 12.8 Å². The van der Waals surface area contributed by atoms with E-state index in [2.05, 4.69) is 44.4 Å². The van der Waals surface area contributed by atoms with Crippen molar-refractivity contribution in [3.8, 4) is 0 Å². The van der Waals surface area contributed by atoms with Crippen molar-refractivity contribution in [1.82, 2.24) is 9.80 Å². The predicted molar refractivity (Wildman–Crippen MR) is 83.5 cm³/mol. The summed E-state index contributed by atoms with van der Waals surface area (Å²) >= 11 is 0. The molecule has 1 amide bonds. The molecule has 0 aromatic heterocycles. The number of amides is 1. The van der Waals surface area contributed by atoms with E-state index in [1.807, 2.05) is 0 Å². The van der Waals surface area contributed by atoms with Crippen molar-refractivity contribution < 1.29 is 4.79 Å². The number of hydrogen-bond acceptors (Lipinski definition) is 2. The second-order valence-corrected chi connectivity index (χ2v) is 7.77. The maximum Gasteiger partial charge on any atom is 0.239 e. The van der Waals surface area contributed by atoms with Crippen LogP contribution in [-0.2, 0) is 4.79 Å². The highest BCUT2D eigenvalue weighted by Crippen LogP contribution is 2.25. The first-order valence-electron chi connectivity index (χ1n) is 8.39. The molecule has 0 aromatic carbocycles. The normalized spacial score (nSPS) is 37.8. The molecule has 0 aromatic rings. The molecular weight excluding hydrogens is 248 g/mol. The van der Waals surface area contributed by atoms with Crippen LogP contribution in [0.1, 0.15) is 47.5 Å². The van der Waals surface area contributed by atoms with Crippen LogP contribution >= 0.6 is 0 Å². The third-order valence-electron chi connectivity index (χ3n) is 4.98. The van der Waals surface area contributed by atoms with Crippen LogP contribution in [-0.4, -0.2) is 47.9 Å². The Morgan fingerprint density at radius 2 is 1.25 bits per heavy atom. The van der Waals surface area contributed by atoms with E-state index in [0.717, 1.165) is 26.2 Å². The molecule has 0 aliphatic carbocycles. The summed E-state index contributed by atoms with van der Waals surface area (Å²) in [5, 5.41) is 0. The van der Waals surface area contributed by atoms with Crippen LogP contribution in [0.5, 0.6) is 0 Å². The first kappa shape index (κ1) is 15.8. The lowest BCUT2D eigenvalue weighted by Crippen LogP contribution is -2.54. The molecule has 20 heavy (non-hydrogen) atoms. The second-order valence-electron chi connectivity index (χ2n) is 7.77. The molecule has 0 spiro atoms. The zero-order valence-electron chi connectivity index (χ0n) is 13.9. The Balaban J connectivity index is 1.97. The van der Waals surface area contributed by atoms with Crippen LogP contribution in [0.4, 0.5) is 0 Å². The van der Waals surface area contributed by atoms with Gasteiger partial charge in [0, 0.05) is 26.2 Å². The van der Waals surface area contributed by atoms with Crippen LogP contribution in [0.3, 0.4) is 0 Å². The van der Waals surface area contributed by atoms with E-state index in [1.54, 1.807) is 0 Å². The van der Waals surface area contributed by atoms with E-state index < -0.39 is 0 Å². The number of rotatable bonds is 2. The standard InChI is InChI=1S/C17H32N2O/c1-12-6-13(2)9-18(8-12)16(5)17(20)19-10-14(3)7-15(4)11-19/h12-16H,6-11H2,1-5H3. The summed E-state index contributed by atoms with van der Waals surface area (Å²) in [5.74, 6) is 3.08. The zero-order chi connectivity index (χ0) is 14.9. The molecule has 2 fully saturated rings. The molecule has 0 radical (unpaired) electrons. The highest BCUT2D eigenvalue weighted by atomic mass is 16.2. The van der Waals surface area contributed by atoms with E-state index in [0.29, 0.717) is 29.6 Å². The maximum absolute atomic E-state index is 12.8. The first-order chi connectivity index (χ1) is 9.36. The Bertz CT molecular complexity index is 324. The second kappa shape index (κ2) is 6.46. The Kier molecular flexibility index (Phi) is 5.11. The number of piperidine rings is 2. The van der Waals surface area contributed by atoms with Gasteiger partial charge in [-0.3, -0.25) is 9.69 Å². The molecule has 2 aliphatic heterocycles. The summed E-state index contributed by atoms with van der Waals surface area (Å²) in [4.78, 5) is 17.3. The lowest BCUT2D eigenvalue weighted by atomic mass is 9.89. The number of nitrogens with zero attached hydrogens (tertiary/aromatic N) is 2. The average molecular weight is 280 g/mol. The number of carbonyl (C=O) groups is 1. The van der Waals surface area contributed by atoms with Gasteiger partial charge >= 0.3 is 0 Å². The van der Waals surface area contributed by atoms with Gasteiger partial charge < -0.3 is 4.90 Å². The van der Waals surface area contributed by atoms with E-state index >= 15 is 0 Å². The Morgan fingerprint density at radius 1 is 0.850 bits per heavy atom. The molecule has 5 atom stereocenters. The van der Waals surface area contributed by atoms with Crippen LogP contribution < -0.4 is 0 Å². The minimum absolute atomic E-state index is 0.0534. The quantitative estimate of drug-likeness (QED) is 0.776. The third-order valence-corrected chi connectivity index (χ3v) is 4.98. The monoisotopic (exact) mass is 280 g/mol. The van der Waals surface area contributed by atoms with Crippen molar-refractivity contribution in [1.29, 1.82) is 0 Å². The van der Waals surface area contributed by atoms with Gasteiger partial charge in [-0.05, 0) is 43.4 Å². The lowest BCUT2D eigenvalue weighted by Gasteiger charge is -2.42. The summed E-state index contributed by atoms with van der Waals surface area (Å²) in [6, 6.07) is 0.0534. The largest absolute Gasteiger partial charge is 0.341 e. The van der Waals surface area contributed by atoms with Gasteiger partial charge in [-0.2, -0.15) is 0 Å². The fourth-order valence-corrected chi connectivity index (χ4v) is 4.29. The van der Waals surface area contributed by atoms with Gasteiger partial charge in [0.2, 0.25) is 5.91 Å². The summed E-state index contributed by atoms with van der Waals surface area (Å²) in [7, 11) is 0. The first-order valence-corrected chi connectivity index (χ1v) is 8.39. The third kappa shape index (κ3) is 3.75. The fraction of sp³-hybridized carbons (Fsp3) is 0.941. The van der Waals surface area contributed by atoms with E-state index in [4.69, 9.17) is 0 Å². The van der Waals surface area contributed by atoms with Crippen LogP contribution in [0.25, 0.3) is 0 Å². The van der Waals surface area contributed by atoms with Crippen LogP contribution in [0.2, 0.25) is 0 Å². The van der Waals surface area contributed by atoms with Crippen molar-refractivity contribution >= 4 is 5.91 Å². The summed E-state index contributed by atoms with van der Waals surface area (Å²) in [6.45, 7) is 15.3. The van der Waals surface area contributed by atoms with Gasteiger partial charge in [0.15, 0.2) is 0 Å². The molecule has 0 saturated carbocycles. The maximum atomic E-state index is 12.8. The van der Waals surface area contributed by atoms with Crippen LogP contribution in [0, 0.1) is 23.7 Å². The Morgan fingerprint density at radius 3 is 1.70 bits per heavy atom. The number of likely N-dealkylation sites (tertiary alicyclic amines) is 2. The topological polar surface area (TPSA) is 23.6 Å². The van der Waals surface area contributed by atoms with E-state index in [-0.39, 0.29) is 6.04 Å². The zero-order valence-corrected chi connectivity index (χ0v) is 13.9. The Labute approximate surface area is 124 Å². The van der Waals surface area contributed by atoms with Gasteiger partial charge in [-0.1, -0.05) is 27.7 Å². The summed E-state index contributed by atoms with van der Waals surface area (Å²) in [6.07, 6.45) is 2.56. The molecular formula is C17H32N2O. The average Bonchev–Trinajstić information content (AvgIpc) is 2.34. The summed E-state index contributed by atoms with van der Waals surface area (Å²) < 4.78 is 0. The molecule has 3 heteroatoms. The predicted octanol–water partition coefficient (Wildman–Crippen LogP) is 2.86. The number of hydrogen-bond donors (Lipinski definition) is 0.